The Balaban J connectivity index is 1.53. The summed E-state index contributed by atoms with van der Waals surface area (Å²) in [5.74, 6) is -1.02. The topological polar surface area (TPSA) is 72.8 Å². The van der Waals surface area contributed by atoms with E-state index in [0.29, 0.717) is 12.5 Å². The van der Waals surface area contributed by atoms with Crippen molar-refractivity contribution in [3.05, 3.63) is 35.9 Å². The predicted molar refractivity (Wildman–Crippen MR) is 80.2 cm³/mol. The van der Waals surface area contributed by atoms with Crippen molar-refractivity contribution in [1.29, 1.82) is 0 Å². The van der Waals surface area contributed by atoms with Crippen LogP contribution in [-0.2, 0) is 25.7 Å². The molecule has 0 aliphatic heterocycles. The van der Waals surface area contributed by atoms with Gasteiger partial charge in [-0.1, -0.05) is 30.3 Å². The fraction of sp³-hybridized carbons (Fsp3) is 0.556. The van der Waals surface area contributed by atoms with Gasteiger partial charge in [0.15, 0.2) is 0 Å². The molecule has 1 aromatic carbocycles. The second kappa shape index (κ2) is 5.06. The number of benzene rings is 1. The SMILES string of the molecule is COC(=O)C1(COCc2ccccc2)C2CC3C(C2C(=O)O)C31. The molecular weight excluding hydrogens is 296 g/mol. The van der Waals surface area contributed by atoms with Crippen LogP contribution in [0.5, 0.6) is 0 Å². The minimum absolute atomic E-state index is 0.122. The highest BCUT2D eigenvalue weighted by Crippen LogP contribution is 2.80. The molecule has 1 N–H and O–H groups in total. The number of carboxylic acids is 1. The second-order valence-electron chi connectivity index (χ2n) is 6.98. The molecule has 0 amide bonds. The fourth-order valence-electron chi connectivity index (χ4n) is 5.39. The molecule has 0 spiro atoms. The third-order valence-electron chi connectivity index (χ3n) is 6.16. The summed E-state index contributed by atoms with van der Waals surface area (Å²) in [5.41, 5.74) is 0.280. The van der Waals surface area contributed by atoms with Gasteiger partial charge in [-0.15, -0.1) is 0 Å². The van der Waals surface area contributed by atoms with Crippen molar-refractivity contribution in [3.63, 3.8) is 0 Å². The largest absolute Gasteiger partial charge is 0.481 e. The number of esters is 1. The standard InChI is InChI=1S/C18H20O5/c1-22-17(21)18(9-23-8-10-5-3-2-4-6-10)12-7-11-13(15(11)18)14(12)16(19)20/h2-6,11-15H,7-9H2,1H3,(H,19,20). The maximum absolute atomic E-state index is 12.5. The Morgan fingerprint density at radius 2 is 2.04 bits per heavy atom. The van der Waals surface area contributed by atoms with Crippen molar-refractivity contribution in [2.75, 3.05) is 13.7 Å². The number of ether oxygens (including phenoxy) is 2. The normalized spacial score (nSPS) is 39.3. The highest BCUT2D eigenvalue weighted by atomic mass is 16.5. The number of aliphatic carboxylic acids is 1. The van der Waals surface area contributed by atoms with Gasteiger partial charge in [0.1, 0.15) is 0 Å². The van der Waals surface area contributed by atoms with Crippen LogP contribution in [0.1, 0.15) is 12.0 Å². The van der Waals surface area contributed by atoms with Gasteiger partial charge in [-0.3, -0.25) is 9.59 Å². The van der Waals surface area contributed by atoms with Crippen LogP contribution in [0.4, 0.5) is 0 Å². The zero-order chi connectivity index (χ0) is 16.2. The van der Waals surface area contributed by atoms with Crippen LogP contribution in [0.25, 0.3) is 0 Å². The third-order valence-corrected chi connectivity index (χ3v) is 6.16. The van der Waals surface area contributed by atoms with Crippen LogP contribution in [0.15, 0.2) is 30.3 Å². The van der Waals surface area contributed by atoms with Gasteiger partial charge in [0, 0.05) is 0 Å². The molecule has 4 bridgehead atoms. The Bertz CT molecular complexity index is 642. The molecule has 0 saturated heterocycles. The van der Waals surface area contributed by atoms with Crippen LogP contribution in [0.2, 0.25) is 0 Å². The van der Waals surface area contributed by atoms with E-state index in [0.717, 1.165) is 12.0 Å². The van der Waals surface area contributed by atoms with E-state index < -0.39 is 17.3 Å². The molecule has 5 rings (SSSR count). The van der Waals surface area contributed by atoms with Crippen molar-refractivity contribution in [2.45, 2.75) is 13.0 Å². The molecule has 1 aromatic rings. The summed E-state index contributed by atoms with van der Waals surface area (Å²) in [7, 11) is 1.38. The van der Waals surface area contributed by atoms with E-state index in [2.05, 4.69) is 0 Å². The number of rotatable bonds is 6. The number of carboxylic acid groups (broad SMARTS) is 1. The Morgan fingerprint density at radius 1 is 1.30 bits per heavy atom. The number of carbonyl (C=O) groups excluding carboxylic acids is 1. The smallest absolute Gasteiger partial charge is 0.314 e. The average molecular weight is 316 g/mol. The highest BCUT2D eigenvalue weighted by molar-refractivity contribution is 5.84. The fourth-order valence-corrected chi connectivity index (χ4v) is 5.39. The summed E-state index contributed by atoms with van der Waals surface area (Å²) in [4.78, 5) is 24.1. The number of hydrogen-bond acceptors (Lipinski definition) is 4. The Morgan fingerprint density at radius 3 is 2.61 bits per heavy atom. The molecule has 23 heavy (non-hydrogen) atoms. The van der Waals surface area contributed by atoms with E-state index in [-0.39, 0.29) is 30.3 Å². The van der Waals surface area contributed by atoms with Crippen molar-refractivity contribution >= 4 is 11.9 Å². The third kappa shape index (κ3) is 1.89. The molecule has 4 saturated carbocycles. The summed E-state index contributed by atoms with van der Waals surface area (Å²) in [6, 6.07) is 9.77. The molecule has 5 heteroatoms. The Labute approximate surface area is 134 Å². The van der Waals surface area contributed by atoms with Gasteiger partial charge in [0.05, 0.1) is 31.7 Å². The van der Waals surface area contributed by atoms with Crippen LogP contribution in [0, 0.1) is 35.0 Å². The number of carbonyl (C=O) groups is 2. The zero-order valence-corrected chi connectivity index (χ0v) is 13.0. The lowest BCUT2D eigenvalue weighted by Crippen LogP contribution is -2.42. The molecule has 0 radical (unpaired) electrons. The van der Waals surface area contributed by atoms with E-state index >= 15 is 0 Å². The van der Waals surface area contributed by atoms with Crippen LogP contribution in [0.3, 0.4) is 0 Å². The van der Waals surface area contributed by atoms with Crippen molar-refractivity contribution < 1.29 is 24.2 Å². The first-order chi connectivity index (χ1) is 11.1. The number of methoxy groups -OCH3 is 1. The van der Waals surface area contributed by atoms with E-state index in [1.807, 2.05) is 30.3 Å². The van der Waals surface area contributed by atoms with Crippen molar-refractivity contribution in [1.82, 2.24) is 0 Å². The summed E-state index contributed by atoms with van der Waals surface area (Å²) < 4.78 is 10.9. The van der Waals surface area contributed by atoms with Crippen molar-refractivity contribution in [2.24, 2.45) is 35.0 Å². The lowest BCUT2D eigenvalue weighted by Gasteiger charge is -2.31. The van der Waals surface area contributed by atoms with Gasteiger partial charge in [-0.05, 0) is 35.7 Å². The first-order valence-corrected chi connectivity index (χ1v) is 8.04. The Hall–Kier alpha value is -1.88. The van der Waals surface area contributed by atoms with Gasteiger partial charge < -0.3 is 14.6 Å². The summed E-state index contributed by atoms with van der Waals surface area (Å²) >= 11 is 0. The molecule has 4 fully saturated rings. The average Bonchev–Trinajstić information content (AvgIpc) is 2.89. The molecule has 4 aliphatic carbocycles. The minimum atomic E-state index is -0.779. The van der Waals surface area contributed by atoms with Gasteiger partial charge in [-0.25, -0.2) is 0 Å². The molecule has 0 aromatic heterocycles. The molecular formula is C18H20O5. The minimum Gasteiger partial charge on any atom is -0.481 e. The summed E-state index contributed by atoms with van der Waals surface area (Å²) in [5, 5.41) is 9.50. The van der Waals surface area contributed by atoms with Gasteiger partial charge in [0.2, 0.25) is 0 Å². The van der Waals surface area contributed by atoms with Crippen LogP contribution in [-0.4, -0.2) is 30.8 Å². The second-order valence-corrected chi connectivity index (χ2v) is 6.98. The number of hydrogen-bond donors (Lipinski definition) is 1. The molecule has 0 heterocycles. The maximum Gasteiger partial charge on any atom is 0.314 e. The van der Waals surface area contributed by atoms with Gasteiger partial charge in [0.25, 0.3) is 0 Å². The van der Waals surface area contributed by atoms with Gasteiger partial charge >= 0.3 is 11.9 Å². The quantitative estimate of drug-likeness (QED) is 0.812. The van der Waals surface area contributed by atoms with E-state index in [1.165, 1.54) is 7.11 Å². The predicted octanol–water partition coefficient (Wildman–Crippen LogP) is 1.96. The maximum atomic E-state index is 12.5. The monoisotopic (exact) mass is 316 g/mol. The van der Waals surface area contributed by atoms with E-state index in [1.54, 1.807) is 0 Å². The highest BCUT2D eigenvalue weighted by Gasteiger charge is 2.84. The van der Waals surface area contributed by atoms with Crippen LogP contribution < -0.4 is 0 Å². The summed E-state index contributed by atoms with van der Waals surface area (Å²) in [6.45, 7) is 0.673. The first kappa shape index (κ1) is 14.7. The van der Waals surface area contributed by atoms with E-state index in [4.69, 9.17) is 9.47 Å². The molecule has 6 atom stereocenters. The molecule has 4 aliphatic rings. The zero-order valence-electron chi connectivity index (χ0n) is 13.0. The lowest BCUT2D eigenvalue weighted by atomic mass is 9.76. The summed E-state index contributed by atoms with van der Waals surface area (Å²) in [6.07, 6.45) is 0.816. The van der Waals surface area contributed by atoms with Crippen LogP contribution >= 0.6 is 0 Å². The Kier molecular flexibility index (Phi) is 3.23. The lowest BCUT2D eigenvalue weighted by molar-refractivity contribution is -0.162. The molecule has 6 unspecified atom stereocenters. The molecule has 122 valence electrons. The molecule has 5 nitrogen and oxygen atoms in total. The van der Waals surface area contributed by atoms with Gasteiger partial charge in [-0.2, -0.15) is 0 Å². The van der Waals surface area contributed by atoms with E-state index in [9.17, 15) is 14.7 Å². The first-order valence-electron chi connectivity index (χ1n) is 8.04. The van der Waals surface area contributed by atoms with Crippen molar-refractivity contribution in [3.8, 4) is 0 Å².